The number of hydrogen-bond acceptors (Lipinski definition) is 4. The number of anilines is 1. The number of thiazole rings is 1. The summed E-state index contributed by atoms with van der Waals surface area (Å²) in [5, 5.41) is 3.82. The van der Waals surface area contributed by atoms with Crippen LogP contribution < -0.4 is 4.90 Å². The van der Waals surface area contributed by atoms with Crippen molar-refractivity contribution in [2.75, 3.05) is 32.1 Å². The third kappa shape index (κ3) is 3.25. The van der Waals surface area contributed by atoms with Gasteiger partial charge in [0, 0.05) is 34.6 Å². The summed E-state index contributed by atoms with van der Waals surface area (Å²) in [6.07, 6.45) is 3.68. The lowest BCUT2D eigenvalue weighted by molar-refractivity contribution is -0.119. The Kier molecular flexibility index (Phi) is 4.78. The predicted molar refractivity (Wildman–Crippen MR) is 101 cm³/mol. The van der Waals surface area contributed by atoms with E-state index < -0.39 is 0 Å². The topological polar surface area (TPSA) is 52.2 Å². The van der Waals surface area contributed by atoms with Crippen LogP contribution in [-0.4, -0.2) is 48.0 Å². The minimum absolute atomic E-state index is 0.0136. The summed E-state index contributed by atoms with van der Waals surface area (Å²) in [4.78, 5) is 23.9. The molecule has 0 aliphatic carbocycles. The molecule has 6 heteroatoms. The van der Waals surface area contributed by atoms with Gasteiger partial charge in [-0.2, -0.15) is 0 Å². The second kappa shape index (κ2) is 6.98. The lowest BCUT2D eigenvalue weighted by Crippen LogP contribution is -2.38. The van der Waals surface area contributed by atoms with Crippen molar-refractivity contribution in [3.8, 4) is 11.3 Å². The number of carbonyl (C=O) groups excluding carboxylic acids is 1. The van der Waals surface area contributed by atoms with Crippen molar-refractivity contribution < 1.29 is 4.79 Å². The molecule has 1 aromatic carbocycles. The molecule has 0 aliphatic rings. The van der Waals surface area contributed by atoms with Crippen molar-refractivity contribution in [1.29, 1.82) is 0 Å². The summed E-state index contributed by atoms with van der Waals surface area (Å²) in [7, 11) is 3.76. The standard InChI is InChI=1S/C18H20N4OS/c1-4-9-22(17(23)11-21(2)3)18-20-16(12-24-18)14-10-19-15-8-6-5-7-13(14)15/h4-8,10,12,19H,1,9,11H2,2-3H3. The summed E-state index contributed by atoms with van der Waals surface area (Å²) in [6, 6.07) is 8.12. The van der Waals surface area contributed by atoms with Crippen molar-refractivity contribution >= 4 is 33.3 Å². The van der Waals surface area contributed by atoms with Crippen LogP contribution in [0.15, 0.2) is 48.5 Å². The largest absolute Gasteiger partial charge is 0.360 e. The van der Waals surface area contributed by atoms with E-state index in [1.807, 2.05) is 48.8 Å². The first-order valence-electron chi connectivity index (χ1n) is 7.68. The predicted octanol–water partition coefficient (Wildman–Crippen LogP) is 3.37. The number of nitrogens with one attached hydrogen (secondary N) is 1. The first-order valence-corrected chi connectivity index (χ1v) is 8.56. The van der Waals surface area contributed by atoms with Gasteiger partial charge in [0.2, 0.25) is 5.91 Å². The molecular weight excluding hydrogens is 320 g/mol. The van der Waals surface area contributed by atoms with Crippen LogP contribution >= 0.6 is 11.3 Å². The quantitative estimate of drug-likeness (QED) is 0.700. The first-order chi connectivity index (χ1) is 11.6. The van der Waals surface area contributed by atoms with Gasteiger partial charge in [0.15, 0.2) is 5.13 Å². The molecule has 0 radical (unpaired) electrons. The molecule has 24 heavy (non-hydrogen) atoms. The molecule has 0 fully saturated rings. The number of carbonyl (C=O) groups is 1. The smallest absolute Gasteiger partial charge is 0.243 e. The number of likely N-dealkylation sites (N-methyl/N-ethyl adjacent to an activating group) is 1. The maximum atomic E-state index is 12.4. The molecule has 3 rings (SSSR count). The zero-order chi connectivity index (χ0) is 17.1. The van der Waals surface area contributed by atoms with Crippen molar-refractivity contribution in [1.82, 2.24) is 14.9 Å². The number of fused-ring (bicyclic) bond motifs is 1. The highest BCUT2D eigenvalue weighted by Crippen LogP contribution is 2.32. The van der Waals surface area contributed by atoms with Gasteiger partial charge >= 0.3 is 0 Å². The van der Waals surface area contributed by atoms with Crippen molar-refractivity contribution in [3.63, 3.8) is 0 Å². The van der Waals surface area contributed by atoms with Gasteiger partial charge < -0.3 is 9.88 Å². The van der Waals surface area contributed by atoms with Crippen LogP contribution in [0.2, 0.25) is 0 Å². The van der Waals surface area contributed by atoms with Crippen molar-refractivity contribution in [2.45, 2.75) is 0 Å². The molecule has 2 heterocycles. The van der Waals surface area contributed by atoms with Crippen molar-refractivity contribution in [2.24, 2.45) is 0 Å². The van der Waals surface area contributed by atoms with Gasteiger partial charge in [-0.15, -0.1) is 17.9 Å². The lowest BCUT2D eigenvalue weighted by atomic mass is 10.1. The van der Waals surface area contributed by atoms with E-state index in [9.17, 15) is 4.79 Å². The number of rotatable bonds is 6. The van der Waals surface area contributed by atoms with Crippen LogP contribution in [0.1, 0.15) is 0 Å². The molecule has 0 saturated heterocycles. The number of benzene rings is 1. The second-order valence-electron chi connectivity index (χ2n) is 5.79. The van der Waals surface area contributed by atoms with E-state index in [-0.39, 0.29) is 5.91 Å². The Hall–Kier alpha value is -2.44. The highest BCUT2D eigenvalue weighted by atomic mass is 32.1. The van der Waals surface area contributed by atoms with Crippen LogP contribution in [0.5, 0.6) is 0 Å². The maximum absolute atomic E-state index is 12.4. The van der Waals surface area contributed by atoms with E-state index in [1.54, 1.807) is 11.0 Å². The van der Waals surface area contributed by atoms with E-state index in [1.165, 1.54) is 11.3 Å². The Morgan fingerprint density at radius 2 is 2.17 bits per heavy atom. The molecular formula is C18H20N4OS. The molecule has 2 aromatic heterocycles. The highest BCUT2D eigenvalue weighted by Gasteiger charge is 2.19. The van der Waals surface area contributed by atoms with E-state index in [4.69, 9.17) is 0 Å². The molecule has 0 unspecified atom stereocenters. The van der Waals surface area contributed by atoms with Crippen LogP contribution in [0.4, 0.5) is 5.13 Å². The summed E-state index contributed by atoms with van der Waals surface area (Å²) in [5.74, 6) is 0.0136. The molecule has 0 bridgehead atoms. The summed E-state index contributed by atoms with van der Waals surface area (Å²) in [5.41, 5.74) is 3.00. The van der Waals surface area contributed by atoms with Crippen molar-refractivity contribution in [3.05, 3.63) is 48.5 Å². The number of aromatic amines is 1. The number of para-hydroxylation sites is 1. The van der Waals surface area contributed by atoms with E-state index in [0.29, 0.717) is 18.2 Å². The van der Waals surface area contributed by atoms with Gasteiger partial charge in [-0.25, -0.2) is 4.98 Å². The van der Waals surface area contributed by atoms with Crippen LogP contribution in [0.25, 0.3) is 22.2 Å². The zero-order valence-electron chi connectivity index (χ0n) is 13.8. The molecule has 1 N–H and O–H groups in total. The normalized spacial score (nSPS) is 11.1. The maximum Gasteiger partial charge on any atom is 0.243 e. The second-order valence-corrected chi connectivity index (χ2v) is 6.63. The van der Waals surface area contributed by atoms with Crippen LogP contribution in [-0.2, 0) is 4.79 Å². The molecule has 1 amide bonds. The summed E-state index contributed by atoms with van der Waals surface area (Å²) >= 11 is 1.47. The minimum Gasteiger partial charge on any atom is -0.360 e. The molecule has 0 spiro atoms. The number of hydrogen-bond donors (Lipinski definition) is 1. The van der Waals surface area contributed by atoms with Crippen LogP contribution in [0.3, 0.4) is 0 Å². The van der Waals surface area contributed by atoms with Gasteiger partial charge in [0.1, 0.15) is 0 Å². The Balaban J connectivity index is 1.93. The van der Waals surface area contributed by atoms with Crippen LogP contribution in [0, 0.1) is 0 Å². The third-order valence-electron chi connectivity index (χ3n) is 3.65. The monoisotopic (exact) mass is 340 g/mol. The molecule has 5 nitrogen and oxygen atoms in total. The van der Waals surface area contributed by atoms with E-state index in [2.05, 4.69) is 22.6 Å². The van der Waals surface area contributed by atoms with Gasteiger partial charge in [-0.05, 0) is 20.2 Å². The molecule has 0 saturated carbocycles. The van der Waals surface area contributed by atoms with E-state index >= 15 is 0 Å². The molecule has 124 valence electrons. The number of aromatic nitrogens is 2. The molecule has 0 atom stereocenters. The zero-order valence-corrected chi connectivity index (χ0v) is 14.6. The fourth-order valence-corrected chi connectivity index (χ4v) is 3.42. The van der Waals surface area contributed by atoms with Gasteiger partial charge in [0.25, 0.3) is 0 Å². The minimum atomic E-state index is 0.0136. The Labute approximate surface area is 145 Å². The average Bonchev–Trinajstić information content (AvgIpc) is 3.18. The van der Waals surface area contributed by atoms with Gasteiger partial charge in [0.05, 0.1) is 12.2 Å². The number of nitrogens with zero attached hydrogens (tertiary/aromatic N) is 3. The molecule has 3 aromatic rings. The average molecular weight is 340 g/mol. The fourth-order valence-electron chi connectivity index (χ4n) is 2.57. The SMILES string of the molecule is C=CCN(C(=O)CN(C)C)c1nc(-c2c[nH]c3ccccc23)cs1. The number of H-pyrrole nitrogens is 1. The molecule has 0 aliphatic heterocycles. The summed E-state index contributed by atoms with van der Waals surface area (Å²) < 4.78 is 0. The Morgan fingerprint density at radius 1 is 1.38 bits per heavy atom. The fraction of sp³-hybridized carbons (Fsp3) is 0.222. The third-order valence-corrected chi connectivity index (χ3v) is 4.52. The van der Waals surface area contributed by atoms with E-state index in [0.717, 1.165) is 22.2 Å². The lowest BCUT2D eigenvalue weighted by Gasteiger charge is -2.20. The first kappa shape index (κ1) is 16.4. The summed E-state index contributed by atoms with van der Waals surface area (Å²) in [6.45, 7) is 4.54. The van der Waals surface area contributed by atoms with Gasteiger partial charge in [-0.1, -0.05) is 24.3 Å². The Morgan fingerprint density at radius 3 is 2.92 bits per heavy atom. The highest BCUT2D eigenvalue weighted by molar-refractivity contribution is 7.14. The Bertz CT molecular complexity index is 865. The van der Waals surface area contributed by atoms with Gasteiger partial charge in [-0.3, -0.25) is 9.69 Å². The number of amides is 1.